The summed E-state index contributed by atoms with van der Waals surface area (Å²) in [6.07, 6.45) is 8.79. The molecule has 1 heteroatoms. The van der Waals surface area contributed by atoms with Crippen LogP contribution in [-0.4, -0.2) is 5.11 Å². The van der Waals surface area contributed by atoms with Gasteiger partial charge in [-0.05, 0) is 48.6 Å². The predicted molar refractivity (Wildman–Crippen MR) is 70.0 cm³/mol. The minimum Gasteiger partial charge on any atom is -0.388 e. The van der Waals surface area contributed by atoms with Crippen LogP contribution in [0.5, 0.6) is 0 Å². The number of benzene rings is 1. The van der Waals surface area contributed by atoms with Crippen LogP contribution in [-0.2, 0) is 0 Å². The van der Waals surface area contributed by atoms with Crippen LogP contribution in [0.2, 0.25) is 0 Å². The first kappa shape index (κ1) is 11.3. The van der Waals surface area contributed by atoms with Crippen molar-refractivity contribution >= 4 is 0 Å². The van der Waals surface area contributed by atoms with Crippen molar-refractivity contribution in [1.29, 1.82) is 0 Å². The predicted octanol–water partition coefficient (Wildman–Crippen LogP) is 4.18. The number of aliphatic hydroxyl groups is 1. The summed E-state index contributed by atoms with van der Waals surface area (Å²) in [6.45, 7) is 0. The van der Waals surface area contributed by atoms with E-state index in [1.54, 1.807) is 0 Å². The summed E-state index contributed by atoms with van der Waals surface area (Å²) in [5, 5.41) is 10.6. The SMILES string of the molecule is OC(c1ccccc1C1CCC1)C1CCCC1. The molecule has 1 atom stereocenters. The maximum atomic E-state index is 10.6. The van der Waals surface area contributed by atoms with E-state index in [4.69, 9.17) is 0 Å². The maximum Gasteiger partial charge on any atom is 0.0820 e. The highest BCUT2D eigenvalue weighted by molar-refractivity contribution is 5.33. The normalized spacial score (nSPS) is 23.6. The monoisotopic (exact) mass is 230 g/mol. The summed E-state index contributed by atoms with van der Waals surface area (Å²) in [4.78, 5) is 0. The zero-order valence-electron chi connectivity index (χ0n) is 10.4. The van der Waals surface area contributed by atoms with Gasteiger partial charge < -0.3 is 5.11 Å². The van der Waals surface area contributed by atoms with Crippen LogP contribution in [0.3, 0.4) is 0 Å². The third-order valence-corrected chi connectivity index (χ3v) is 4.71. The number of hydrogen-bond acceptors (Lipinski definition) is 1. The van der Waals surface area contributed by atoms with E-state index >= 15 is 0 Å². The van der Waals surface area contributed by atoms with Crippen molar-refractivity contribution in [3.63, 3.8) is 0 Å². The first-order valence-electron chi connectivity index (χ1n) is 7.13. The molecule has 0 aliphatic heterocycles. The molecular formula is C16H22O. The second-order valence-corrected chi connectivity index (χ2v) is 5.75. The summed E-state index contributed by atoms with van der Waals surface area (Å²) in [5.41, 5.74) is 2.65. The van der Waals surface area contributed by atoms with Gasteiger partial charge in [0.25, 0.3) is 0 Å². The molecule has 1 nitrogen and oxygen atoms in total. The van der Waals surface area contributed by atoms with Gasteiger partial charge in [-0.15, -0.1) is 0 Å². The fourth-order valence-electron chi connectivity index (χ4n) is 3.40. The lowest BCUT2D eigenvalue weighted by Crippen LogP contribution is -2.16. The van der Waals surface area contributed by atoms with Crippen LogP contribution < -0.4 is 0 Å². The Morgan fingerprint density at radius 2 is 1.65 bits per heavy atom. The average Bonchev–Trinajstić information content (AvgIpc) is 2.80. The third-order valence-electron chi connectivity index (χ3n) is 4.71. The highest BCUT2D eigenvalue weighted by Crippen LogP contribution is 2.43. The Hall–Kier alpha value is -0.820. The van der Waals surface area contributed by atoms with Crippen LogP contribution in [0.15, 0.2) is 24.3 Å². The third kappa shape index (κ3) is 2.13. The van der Waals surface area contributed by atoms with Gasteiger partial charge in [0.1, 0.15) is 0 Å². The summed E-state index contributed by atoms with van der Waals surface area (Å²) >= 11 is 0. The first-order valence-corrected chi connectivity index (χ1v) is 7.13. The average molecular weight is 230 g/mol. The molecule has 0 aromatic heterocycles. The molecule has 0 radical (unpaired) electrons. The molecule has 0 heterocycles. The van der Waals surface area contributed by atoms with Crippen molar-refractivity contribution in [2.45, 2.75) is 57.0 Å². The van der Waals surface area contributed by atoms with E-state index in [2.05, 4.69) is 24.3 Å². The summed E-state index contributed by atoms with van der Waals surface area (Å²) in [7, 11) is 0. The maximum absolute atomic E-state index is 10.6. The fraction of sp³-hybridized carbons (Fsp3) is 0.625. The molecule has 17 heavy (non-hydrogen) atoms. The van der Waals surface area contributed by atoms with Crippen LogP contribution in [0.4, 0.5) is 0 Å². The minimum atomic E-state index is -0.214. The highest BCUT2D eigenvalue weighted by Gasteiger charge is 2.29. The Morgan fingerprint density at radius 3 is 2.29 bits per heavy atom. The minimum absolute atomic E-state index is 0.214. The van der Waals surface area contributed by atoms with Gasteiger partial charge in [0, 0.05) is 0 Å². The molecular weight excluding hydrogens is 208 g/mol. The lowest BCUT2D eigenvalue weighted by atomic mass is 9.76. The smallest absolute Gasteiger partial charge is 0.0820 e. The first-order chi connectivity index (χ1) is 8.36. The topological polar surface area (TPSA) is 20.2 Å². The Labute approximate surface area is 104 Å². The summed E-state index contributed by atoms with van der Waals surface area (Å²) < 4.78 is 0. The molecule has 2 aliphatic rings. The van der Waals surface area contributed by atoms with Crippen molar-refractivity contribution in [2.75, 3.05) is 0 Å². The molecule has 2 fully saturated rings. The Bertz CT molecular complexity index is 375. The number of aliphatic hydroxyl groups excluding tert-OH is 1. The molecule has 2 saturated carbocycles. The van der Waals surface area contributed by atoms with E-state index in [9.17, 15) is 5.11 Å². The molecule has 1 aromatic rings. The van der Waals surface area contributed by atoms with Crippen molar-refractivity contribution in [3.05, 3.63) is 35.4 Å². The van der Waals surface area contributed by atoms with Crippen LogP contribution in [0.1, 0.15) is 68.1 Å². The molecule has 1 unspecified atom stereocenters. The largest absolute Gasteiger partial charge is 0.388 e. The zero-order chi connectivity index (χ0) is 11.7. The Morgan fingerprint density at radius 1 is 0.941 bits per heavy atom. The zero-order valence-corrected chi connectivity index (χ0v) is 10.4. The van der Waals surface area contributed by atoms with Gasteiger partial charge in [-0.25, -0.2) is 0 Å². The van der Waals surface area contributed by atoms with Crippen LogP contribution >= 0.6 is 0 Å². The van der Waals surface area contributed by atoms with Gasteiger partial charge in [-0.2, -0.15) is 0 Å². The van der Waals surface area contributed by atoms with Gasteiger partial charge in [-0.1, -0.05) is 43.5 Å². The van der Waals surface area contributed by atoms with Gasteiger partial charge in [0.15, 0.2) is 0 Å². The summed E-state index contributed by atoms with van der Waals surface area (Å²) in [6, 6.07) is 8.59. The van der Waals surface area contributed by atoms with Crippen molar-refractivity contribution in [2.24, 2.45) is 5.92 Å². The van der Waals surface area contributed by atoms with Gasteiger partial charge in [0.05, 0.1) is 6.10 Å². The highest BCUT2D eigenvalue weighted by atomic mass is 16.3. The molecule has 1 aromatic carbocycles. The second-order valence-electron chi connectivity index (χ2n) is 5.75. The molecule has 2 aliphatic carbocycles. The van der Waals surface area contributed by atoms with Crippen molar-refractivity contribution in [3.8, 4) is 0 Å². The molecule has 0 saturated heterocycles. The lowest BCUT2D eigenvalue weighted by Gasteiger charge is -2.30. The van der Waals surface area contributed by atoms with Gasteiger partial charge >= 0.3 is 0 Å². The van der Waals surface area contributed by atoms with E-state index in [1.165, 1.54) is 56.1 Å². The van der Waals surface area contributed by atoms with E-state index in [0.717, 1.165) is 5.92 Å². The van der Waals surface area contributed by atoms with E-state index in [-0.39, 0.29) is 6.10 Å². The second kappa shape index (κ2) is 4.81. The van der Waals surface area contributed by atoms with E-state index in [1.807, 2.05) is 0 Å². The van der Waals surface area contributed by atoms with E-state index in [0.29, 0.717) is 5.92 Å². The Balaban J connectivity index is 1.84. The molecule has 0 bridgehead atoms. The van der Waals surface area contributed by atoms with Crippen LogP contribution in [0.25, 0.3) is 0 Å². The molecule has 0 amide bonds. The van der Waals surface area contributed by atoms with Crippen molar-refractivity contribution in [1.82, 2.24) is 0 Å². The van der Waals surface area contributed by atoms with Gasteiger partial charge in [-0.3, -0.25) is 0 Å². The quantitative estimate of drug-likeness (QED) is 0.826. The molecule has 3 rings (SSSR count). The molecule has 1 N–H and O–H groups in total. The van der Waals surface area contributed by atoms with Crippen LogP contribution in [0, 0.1) is 5.92 Å². The standard InChI is InChI=1S/C16H22O/c17-16(13-6-1-2-7-13)15-11-4-3-10-14(15)12-8-5-9-12/h3-4,10-13,16-17H,1-2,5-9H2. The molecule has 0 spiro atoms. The van der Waals surface area contributed by atoms with Crippen molar-refractivity contribution < 1.29 is 5.11 Å². The van der Waals surface area contributed by atoms with Gasteiger partial charge in [0.2, 0.25) is 0 Å². The number of hydrogen-bond donors (Lipinski definition) is 1. The summed E-state index contributed by atoms with van der Waals surface area (Å²) in [5.74, 6) is 1.23. The Kier molecular flexibility index (Phi) is 3.19. The number of rotatable bonds is 3. The van der Waals surface area contributed by atoms with E-state index < -0.39 is 0 Å². The fourth-order valence-corrected chi connectivity index (χ4v) is 3.40. The molecule has 92 valence electrons. The lowest BCUT2D eigenvalue weighted by molar-refractivity contribution is 0.110.